The number of ether oxygens (including phenoxy) is 1. The third kappa shape index (κ3) is 2.35. The van der Waals surface area contributed by atoms with E-state index >= 15 is 0 Å². The Balaban J connectivity index is 2.47. The van der Waals surface area contributed by atoms with Crippen LogP contribution in [0.25, 0.3) is 0 Å². The number of nitrogens with one attached hydrogen (secondary N) is 1. The van der Waals surface area contributed by atoms with Crippen LogP contribution in [-0.2, 0) is 4.74 Å². The lowest BCUT2D eigenvalue weighted by molar-refractivity contribution is 0.208. The molecule has 0 bridgehead atoms. The average Bonchev–Trinajstić information content (AvgIpc) is 2.56. The first-order valence-corrected chi connectivity index (χ1v) is 3.63. The summed E-state index contributed by atoms with van der Waals surface area (Å²) in [4.78, 5) is 10.8. The molecule has 0 saturated carbocycles. The zero-order chi connectivity index (χ0) is 8.81. The molecule has 12 heavy (non-hydrogen) atoms. The summed E-state index contributed by atoms with van der Waals surface area (Å²) in [5.41, 5.74) is 5.58. The molecule has 5 heteroatoms. The van der Waals surface area contributed by atoms with Gasteiger partial charge in [-0.2, -0.15) is 0 Å². The van der Waals surface area contributed by atoms with E-state index in [1.54, 1.807) is 19.5 Å². The van der Waals surface area contributed by atoms with Crippen molar-refractivity contribution in [3.05, 3.63) is 18.2 Å². The number of rotatable bonds is 4. The second kappa shape index (κ2) is 4.50. The van der Waals surface area contributed by atoms with Crippen LogP contribution in [0.1, 0.15) is 5.82 Å². The van der Waals surface area contributed by atoms with Crippen LogP contribution in [0, 0.1) is 0 Å². The van der Waals surface area contributed by atoms with Crippen LogP contribution in [0.15, 0.2) is 17.4 Å². The van der Waals surface area contributed by atoms with Gasteiger partial charge in [-0.05, 0) is 0 Å². The van der Waals surface area contributed by atoms with Crippen LogP contribution in [0.5, 0.6) is 0 Å². The molecule has 0 aromatic carbocycles. The van der Waals surface area contributed by atoms with Crippen molar-refractivity contribution in [3.63, 3.8) is 0 Å². The minimum absolute atomic E-state index is 0.414. The minimum atomic E-state index is 0.414. The van der Waals surface area contributed by atoms with Crippen LogP contribution < -0.4 is 5.73 Å². The molecular weight excluding hydrogens is 156 g/mol. The summed E-state index contributed by atoms with van der Waals surface area (Å²) in [5, 5.41) is 0. The Morgan fingerprint density at radius 3 is 3.25 bits per heavy atom. The number of hydrogen-bond acceptors (Lipinski definition) is 3. The predicted molar refractivity (Wildman–Crippen MR) is 46.1 cm³/mol. The first-order valence-electron chi connectivity index (χ1n) is 3.63. The van der Waals surface area contributed by atoms with Gasteiger partial charge in [0.15, 0.2) is 11.7 Å². The van der Waals surface area contributed by atoms with Crippen molar-refractivity contribution >= 4 is 5.84 Å². The van der Waals surface area contributed by atoms with E-state index in [1.165, 1.54) is 0 Å². The number of methoxy groups -OCH3 is 1. The number of imidazole rings is 1. The number of nitrogens with zero attached hydrogens (tertiary/aromatic N) is 2. The van der Waals surface area contributed by atoms with E-state index in [9.17, 15) is 0 Å². The van der Waals surface area contributed by atoms with Gasteiger partial charge in [-0.15, -0.1) is 0 Å². The second-order valence-electron chi connectivity index (χ2n) is 2.20. The molecule has 0 aliphatic heterocycles. The maximum Gasteiger partial charge on any atom is 0.172 e. The molecule has 0 fully saturated rings. The van der Waals surface area contributed by atoms with Gasteiger partial charge in [-0.3, -0.25) is 4.99 Å². The van der Waals surface area contributed by atoms with Crippen molar-refractivity contribution in [1.82, 2.24) is 9.97 Å². The van der Waals surface area contributed by atoms with E-state index in [-0.39, 0.29) is 0 Å². The maximum absolute atomic E-state index is 5.58. The topological polar surface area (TPSA) is 76.3 Å². The highest BCUT2D eigenvalue weighted by molar-refractivity contribution is 5.93. The van der Waals surface area contributed by atoms with E-state index in [0.717, 1.165) is 0 Å². The van der Waals surface area contributed by atoms with Crippen LogP contribution in [0.2, 0.25) is 0 Å². The fourth-order valence-corrected chi connectivity index (χ4v) is 0.738. The molecule has 66 valence electrons. The summed E-state index contributed by atoms with van der Waals surface area (Å²) in [6.07, 6.45) is 3.34. The molecule has 0 amide bonds. The predicted octanol–water partition coefficient (Wildman–Crippen LogP) is -0.239. The summed E-state index contributed by atoms with van der Waals surface area (Å²) in [5.74, 6) is 1.02. The maximum atomic E-state index is 5.58. The number of H-pyrrole nitrogens is 1. The Bertz CT molecular complexity index is 242. The fourth-order valence-electron chi connectivity index (χ4n) is 0.738. The van der Waals surface area contributed by atoms with Gasteiger partial charge >= 0.3 is 0 Å². The average molecular weight is 168 g/mol. The van der Waals surface area contributed by atoms with Crippen molar-refractivity contribution in [2.24, 2.45) is 10.7 Å². The molecule has 0 radical (unpaired) electrons. The largest absolute Gasteiger partial charge is 0.383 e. The monoisotopic (exact) mass is 168 g/mol. The van der Waals surface area contributed by atoms with E-state index < -0.39 is 0 Å². The quantitative estimate of drug-likeness (QED) is 0.370. The molecule has 0 saturated heterocycles. The Morgan fingerprint density at radius 1 is 1.83 bits per heavy atom. The molecule has 5 nitrogen and oxygen atoms in total. The molecule has 0 aliphatic carbocycles. The van der Waals surface area contributed by atoms with Gasteiger partial charge in [0, 0.05) is 19.5 Å². The van der Waals surface area contributed by atoms with Crippen molar-refractivity contribution in [2.75, 3.05) is 20.3 Å². The molecule has 1 aromatic rings. The summed E-state index contributed by atoms with van der Waals surface area (Å²) < 4.78 is 4.82. The number of aromatic amines is 1. The molecule has 1 aromatic heterocycles. The number of aliphatic imine (C=N–C) groups is 1. The third-order valence-corrected chi connectivity index (χ3v) is 1.32. The van der Waals surface area contributed by atoms with Gasteiger partial charge in [0.1, 0.15) is 0 Å². The van der Waals surface area contributed by atoms with E-state index in [0.29, 0.717) is 24.8 Å². The van der Waals surface area contributed by atoms with Crippen molar-refractivity contribution in [1.29, 1.82) is 0 Å². The lowest BCUT2D eigenvalue weighted by atomic mass is 10.5. The highest BCUT2D eigenvalue weighted by Gasteiger charge is 1.97. The zero-order valence-electron chi connectivity index (χ0n) is 6.95. The highest BCUT2D eigenvalue weighted by Crippen LogP contribution is 1.87. The van der Waals surface area contributed by atoms with Gasteiger partial charge in [-0.1, -0.05) is 0 Å². The summed E-state index contributed by atoms with van der Waals surface area (Å²) >= 11 is 0. The lowest BCUT2D eigenvalue weighted by Gasteiger charge is -1.95. The van der Waals surface area contributed by atoms with Crippen molar-refractivity contribution in [3.8, 4) is 0 Å². The Kier molecular flexibility index (Phi) is 3.28. The van der Waals surface area contributed by atoms with Crippen LogP contribution >= 0.6 is 0 Å². The number of amidine groups is 1. The fraction of sp³-hybridized carbons (Fsp3) is 0.429. The van der Waals surface area contributed by atoms with Gasteiger partial charge in [0.25, 0.3) is 0 Å². The van der Waals surface area contributed by atoms with Crippen molar-refractivity contribution in [2.45, 2.75) is 0 Å². The van der Waals surface area contributed by atoms with Gasteiger partial charge in [-0.25, -0.2) is 4.98 Å². The second-order valence-corrected chi connectivity index (χ2v) is 2.20. The number of hydrogen-bond donors (Lipinski definition) is 2. The van der Waals surface area contributed by atoms with Crippen molar-refractivity contribution < 1.29 is 4.74 Å². The smallest absolute Gasteiger partial charge is 0.172 e. The van der Waals surface area contributed by atoms with Gasteiger partial charge in [0.2, 0.25) is 0 Å². The Labute approximate surface area is 70.7 Å². The summed E-state index contributed by atoms with van der Waals surface area (Å²) in [7, 11) is 1.62. The van der Waals surface area contributed by atoms with Gasteiger partial charge < -0.3 is 15.5 Å². The molecule has 1 rings (SSSR count). The summed E-state index contributed by atoms with van der Waals surface area (Å²) in [6.45, 7) is 1.13. The molecule has 0 spiro atoms. The normalized spacial score (nSPS) is 11.9. The minimum Gasteiger partial charge on any atom is -0.383 e. The number of nitrogens with two attached hydrogens (primary N) is 1. The first-order chi connectivity index (χ1) is 5.84. The lowest BCUT2D eigenvalue weighted by Crippen LogP contribution is -2.16. The highest BCUT2D eigenvalue weighted by atomic mass is 16.5. The van der Waals surface area contributed by atoms with Crippen LogP contribution in [0.4, 0.5) is 0 Å². The standard InChI is InChI=1S/C7H12N4O/c1-12-5-4-9-6(8)7-10-2-3-11-7/h2-3H,4-5H2,1H3,(H2,8,9)(H,10,11). The molecule has 0 aliphatic rings. The van der Waals surface area contributed by atoms with E-state index in [4.69, 9.17) is 10.5 Å². The molecule has 1 heterocycles. The SMILES string of the molecule is COCCN=C(N)c1ncc[nH]1. The first kappa shape index (κ1) is 8.73. The molecule has 0 unspecified atom stereocenters. The van der Waals surface area contributed by atoms with E-state index in [1.807, 2.05) is 0 Å². The third-order valence-electron chi connectivity index (χ3n) is 1.32. The molecule has 3 N–H and O–H groups in total. The molecule has 0 atom stereocenters. The Morgan fingerprint density at radius 2 is 2.67 bits per heavy atom. The number of aromatic nitrogens is 2. The summed E-state index contributed by atoms with van der Waals surface area (Å²) in [6, 6.07) is 0. The van der Waals surface area contributed by atoms with Gasteiger partial charge in [0.05, 0.1) is 13.2 Å². The zero-order valence-corrected chi connectivity index (χ0v) is 6.95. The van der Waals surface area contributed by atoms with E-state index in [2.05, 4.69) is 15.0 Å². The van der Waals surface area contributed by atoms with Crippen LogP contribution in [-0.4, -0.2) is 36.1 Å². The molecular formula is C7H12N4O. The van der Waals surface area contributed by atoms with Crippen LogP contribution in [0.3, 0.4) is 0 Å². The Hall–Kier alpha value is -1.36.